The molecule has 1 heterocycles. The highest BCUT2D eigenvalue weighted by Gasteiger charge is 2.25. The van der Waals surface area contributed by atoms with E-state index >= 15 is 0 Å². The van der Waals surface area contributed by atoms with E-state index in [1.807, 2.05) is 0 Å². The van der Waals surface area contributed by atoms with Crippen LogP contribution in [0.1, 0.15) is 34.7 Å². The van der Waals surface area contributed by atoms with Crippen molar-refractivity contribution in [3.63, 3.8) is 0 Å². The van der Waals surface area contributed by atoms with Gasteiger partial charge in [-0.2, -0.15) is 0 Å². The van der Waals surface area contributed by atoms with Gasteiger partial charge in [-0.15, -0.1) is 10.2 Å². The van der Waals surface area contributed by atoms with Crippen molar-refractivity contribution in [2.75, 3.05) is 0 Å². The van der Waals surface area contributed by atoms with E-state index in [-0.39, 0.29) is 0 Å². The number of nitrogens with zero attached hydrogens (tertiary/aromatic N) is 3. The van der Waals surface area contributed by atoms with Gasteiger partial charge in [-0.25, -0.2) is 4.85 Å². The molecule has 2 aromatic carbocycles. The van der Waals surface area contributed by atoms with Gasteiger partial charge < -0.3 is 9.52 Å². The van der Waals surface area contributed by atoms with Gasteiger partial charge in [0.25, 0.3) is 0 Å². The molecule has 1 N–H and O–H groups in total. The third kappa shape index (κ3) is 4.22. The number of aliphatic hydroxyl groups excluding tert-OH is 1. The Bertz CT molecular complexity index is 990. The van der Waals surface area contributed by atoms with Gasteiger partial charge in [-0.3, -0.25) is 4.79 Å². The highest BCUT2D eigenvalue weighted by atomic mass is 35.5. The molecule has 0 aliphatic heterocycles. The van der Waals surface area contributed by atoms with Gasteiger partial charge in [0.05, 0.1) is 18.6 Å². The van der Waals surface area contributed by atoms with E-state index in [0.29, 0.717) is 40.0 Å². The summed E-state index contributed by atoms with van der Waals surface area (Å²) in [5, 5.41) is 18.7. The number of aldehydes is 1. The van der Waals surface area contributed by atoms with E-state index in [2.05, 4.69) is 15.0 Å². The van der Waals surface area contributed by atoms with Crippen LogP contribution in [0.4, 0.5) is 5.69 Å². The van der Waals surface area contributed by atoms with E-state index in [4.69, 9.17) is 22.6 Å². The van der Waals surface area contributed by atoms with E-state index in [1.54, 1.807) is 49.4 Å². The van der Waals surface area contributed by atoms with Crippen molar-refractivity contribution in [2.45, 2.75) is 25.4 Å². The molecule has 0 spiro atoms. The minimum atomic E-state index is -0.727. The summed E-state index contributed by atoms with van der Waals surface area (Å²) < 4.78 is 5.76. The fraction of sp³-hybridized carbons (Fsp3) is 0.200. The number of carbonyl (C=O) groups excluding carboxylic acids is 1. The number of aliphatic hydroxyl groups is 1. The summed E-state index contributed by atoms with van der Waals surface area (Å²) in [6, 6.07) is 11.9. The highest BCUT2D eigenvalue weighted by molar-refractivity contribution is 6.33. The molecule has 0 saturated heterocycles. The number of benzene rings is 2. The second kappa shape index (κ2) is 8.12. The van der Waals surface area contributed by atoms with Gasteiger partial charge >= 0.3 is 0 Å². The average Bonchev–Trinajstić information content (AvgIpc) is 3.16. The van der Waals surface area contributed by atoms with E-state index in [9.17, 15) is 9.90 Å². The first kappa shape index (κ1) is 18.8. The Labute approximate surface area is 161 Å². The Morgan fingerprint density at radius 2 is 2.00 bits per heavy atom. The average molecular weight is 382 g/mol. The summed E-state index contributed by atoms with van der Waals surface area (Å²) in [6.45, 7) is 8.71. The Kier molecular flexibility index (Phi) is 5.65. The molecule has 0 saturated carbocycles. The van der Waals surface area contributed by atoms with Crippen molar-refractivity contribution in [2.24, 2.45) is 0 Å². The topological polar surface area (TPSA) is 80.6 Å². The lowest BCUT2D eigenvalue weighted by Crippen LogP contribution is -2.17. The van der Waals surface area contributed by atoms with Crippen LogP contribution < -0.4 is 0 Å². The maximum Gasteiger partial charge on any atom is 0.247 e. The van der Waals surface area contributed by atoms with E-state index in [1.165, 1.54) is 0 Å². The van der Waals surface area contributed by atoms with Crippen LogP contribution in [0, 0.1) is 6.57 Å². The van der Waals surface area contributed by atoms with Gasteiger partial charge in [0.15, 0.2) is 0 Å². The first-order valence-electron chi connectivity index (χ1n) is 8.24. The molecular weight excluding hydrogens is 366 g/mol. The molecule has 0 fully saturated rings. The van der Waals surface area contributed by atoms with Crippen LogP contribution in [0.25, 0.3) is 16.3 Å². The molecule has 0 radical (unpaired) electrons. The van der Waals surface area contributed by atoms with Gasteiger partial charge in [0.2, 0.25) is 17.5 Å². The van der Waals surface area contributed by atoms with Crippen molar-refractivity contribution >= 4 is 23.6 Å². The molecule has 0 amide bonds. The molecule has 27 heavy (non-hydrogen) atoms. The van der Waals surface area contributed by atoms with Gasteiger partial charge in [0.1, 0.15) is 6.29 Å². The molecule has 1 aromatic heterocycles. The number of hydrogen-bond donors (Lipinski definition) is 1. The van der Waals surface area contributed by atoms with Crippen LogP contribution >= 0.6 is 11.6 Å². The zero-order valence-corrected chi connectivity index (χ0v) is 15.2. The van der Waals surface area contributed by atoms with Gasteiger partial charge in [-0.1, -0.05) is 41.9 Å². The van der Waals surface area contributed by atoms with E-state index in [0.717, 1.165) is 11.8 Å². The smallest absolute Gasteiger partial charge is 0.247 e. The molecule has 0 unspecified atom stereocenters. The monoisotopic (exact) mass is 381 g/mol. The molecule has 2 atom stereocenters. The van der Waals surface area contributed by atoms with Crippen molar-refractivity contribution in [3.05, 3.63) is 75.9 Å². The zero-order chi connectivity index (χ0) is 19.4. The number of rotatable bonds is 6. The van der Waals surface area contributed by atoms with Crippen LogP contribution in [0.3, 0.4) is 0 Å². The predicted octanol–water partition coefficient (Wildman–Crippen LogP) is 4.46. The lowest BCUT2D eigenvalue weighted by molar-refractivity contribution is 0.112. The van der Waals surface area contributed by atoms with Gasteiger partial charge in [0, 0.05) is 16.1 Å². The highest BCUT2D eigenvalue weighted by Crippen LogP contribution is 2.30. The van der Waals surface area contributed by atoms with Crippen molar-refractivity contribution in [1.29, 1.82) is 0 Å². The lowest BCUT2D eigenvalue weighted by atomic mass is 9.94. The standard InChI is InChI=1S/C20H16ClN3O3/c1-12(26)16(9-14-5-8-18(22-2)17(21)10-14)20-24-23-19(27-20)15-6-3-13(11-25)4-7-15/h3-8,10-12,16,26H,9H2,1H3/t12-,16+/m0/s1. The molecule has 3 rings (SSSR count). The maximum atomic E-state index is 10.8. The Hall–Kier alpha value is -3.01. The molecule has 136 valence electrons. The summed E-state index contributed by atoms with van der Waals surface area (Å²) in [5.74, 6) is 0.203. The number of hydrogen-bond acceptors (Lipinski definition) is 5. The van der Waals surface area contributed by atoms with Crippen LogP contribution in [0.5, 0.6) is 0 Å². The van der Waals surface area contributed by atoms with Crippen LogP contribution in [0.2, 0.25) is 5.02 Å². The molecular formula is C20H16ClN3O3. The summed E-state index contributed by atoms with van der Waals surface area (Å²) in [4.78, 5) is 14.1. The Morgan fingerprint density at radius 1 is 1.26 bits per heavy atom. The molecule has 0 aliphatic carbocycles. The summed E-state index contributed by atoms with van der Waals surface area (Å²) in [7, 11) is 0. The second-order valence-corrected chi connectivity index (χ2v) is 6.54. The largest absolute Gasteiger partial charge is 0.420 e. The minimum Gasteiger partial charge on any atom is -0.420 e. The normalized spacial score (nSPS) is 13.0. The first-order valence-corrected chi connectivity index (χ1v) is 8.62. The second-order valence-electron chi connectivity index (χ2n) is 6.13. The fourth-order valence-corrected chi connectivity index (χ4v) is 2.94. The molecule has 7 heteroatoms. The van der Waals surface area contributed by atoms with Crippen molar-refractivity contribution < 1.29 is 14.3 Å². The first-order chi connectivity index (χ1) is 13.0. The molecule has 0 aliphatic rings. The predicted molar refractivity (Wildman–Crippen MR) is 101 cm³/mol. The fourth-order valence-electron chi connectivity index (χ4n) is 2.69. The summed E-state index contributed by atoms with van der Waals surface area (Å²) >= 11 is 6.09. The summed E-state index contributed by atoms with van der Waals surface area (Å²) in [5.41, 5.74) is 2.48. The third-order valence-corrected chi connectivity index (χ3v) is 4.52. The Balaban J connectivity index is 1.85. The number of carbonyl (C=O) groups is 1. The number of halogens is 1. The Morgan fingerprint density at radius 3 is 2.59 bits per heavy atom. The molecule has 3 aromatic rings. The summed E-state index contributed by atoms with van der Waals surface area (Å²) in [6.07, 6.45) is 0.466. The molecule has 0 bridgehead atoms. The quantitative estimate of drug-likeness (QED) is 0.503. The lowest BCUT2D eigenvalue weighted by Gasteiger charge is -2.16. The molecule has 6 nitrogen and oxygen atoms in total. The van der Waals surface area contributed by atoms with Gasteiger partial charge in [-0.05, 0) is 31.0 Å². The third-order valence-electron chi connectivity index (χ3n) is 4.22. The maximum absolute atomic E-state index is 10.8. The van der Waals surface area contributed by atoms with Crippen molar-refractivity contribution in [1.82, 2.24) is 10.2 Å². The van der Waals surface area contributed by atoms with Crippen LogP contribution in [-0.4, -0.2) is 27.7 Å². The SMILES string of the molecule is [C-]#[N+]c1ccc(C[C@@H](c2nnc(-c3ccc(C=O)cc3)o2)[C@H](C)O)cc1Cl. The van der Waals surface area contributed by atoms with Crippen LogP contribution in [0.15, 0.2) is 46.9 Å². The van der Waals surface area contributed by atoms with E-state index < -0.39 is 12.0 Å². The van der Waals surface area contributed by atoms with Crippen molar-refractivity contribution in [3.8, 4) is 11.5 Å². The van der Waals surface area contributed by atoms with Crippen LogP contribution in [-0.2, 0) is 6.42 Å². The number of aromatic nitrogens is 2. The minimum absolute atomic E-state index is 0.310. The zero-order valence-electron chi connectivity index (χ0n) is 14.5.